The second kappa shape index (κ2) is 5.71. The van der Waals surface area contributed by atoms with Crippen LogP contribution in [0.5, 0.6) is 5.75 Å². The van der Waals surface area contributed by atoms with Crippen molar-refractivity contribution in [3.8, 4) is 5.75 Å². The van der Waals surface area contributed by atoms with Crippen LogP contribution in [-0.2, 0) is 11.3 Å². The zero-order valence-electron chi connectivity index (χ0n) is 11.6. The van der Waals surface area contributed by atoms with Crippen molar-refractivity contribution in [2.75, 3.05) is 14.2 Å². The molecule has 1 amide bonds. The molecule has 0 saturated carbocycles. The first-order valence-electron chi connectivity index (χ1n) is 5.74. The van der Waals surface area contributed by atoms with Crippen LogP contribution < -0.4 is 4.74 Å². The van der Waals surface area contributed by atoms with Gasteiger partial charge in [0.05, 0.1) is 19.9 Å². The van der Waals surface area contributed by atoms with E-state index < -0.39 is 5.60 Å². The maximum Gasteiger partial charge on any atom is 0.410 e. The number of aromatic nitrogens is 1. The Morgan fingerprint density at radius 2 is 2.06 bits per heavy atom. The van der Waals surface area contributed by atoms with Crippen LogP contribution in [0.25, 0.3) is 0 Å². The zero-order chi connectivity index (χ0) is 13.8. The molecule has 5 nitrogen and oxygen atoms in total. The summed E-state index contributed by atoms with van der Waals surface area (Å²) in [6, 6.07) is 1.84. The van der Waals surface area contributed by atoms with Gasteiger partial charge in [-0.2, -0.15) is 0 Å². The molecule has 0 radical (unpaired) electrons. The van der Waals surface area contributed by atoms with Crippen molar-refractivity contribution in [2.45, 2.75) is 32.9 Å². The van der Waals surface area contributed by atoms with Crippen LogP contribution >= 0.6 is 0 Å². The number of methoxy groups -OCH3 is 1. The Morgan fingerprint density at radius 3 is 2.61 bits per heavy atom. The monoisotopic (exact) mass is 252 g/mol. The van der Waals surface area contributed by atoms with Crippen molar-refractivity contribution in [2.24, 2.45) is 0 Å². The van der Waals surface area contributed by atoms with E-state index in [1.165, 1.54) is 4.90 Å². The second-order valence-corrected chi connectivity index (χ2v) is 5.07. The third kappa shape index (κ3) is 4.61. The number of nitrogens with zero attached hydrogens (tertiary/aromatic N) is 2. The lowest BCUT2D eigenvalue weighted by Gasteiger charge is -2.24. The fourth-order valence-corrected chi connectivity index (χ4v) is 1.34. The smallest absolute Gasteiger partial charge is 0.410 e. The molecule has 0 fully saturated rings. The minimum Gasteiger partial charge on any atom is -0.495 e. The summed E-state index contributed by atoms with van der Waals surface area (Å²) >= 11 is 0. The van der Waals surface area contributed by atoms with Gasteiger partial charge in [-0.25, -0.2) is 4.79 Å². The van der Waals surface area contributed by atoms with Crippen molar-refractivity contribution in [3.05, 3.63) is 24.0 Å². The topological polar surface area (TPSA) is 51.7 Å². The summed E-state index contributed by atoms with van der Waals surface area (Å²) in [6.07, 6.45) is 2.96. The number of ether oxygens (including phenoxy) is 2. The van der Waals surface area contributed by atoms with Gasteiger partial charge in [0.25, 0.3) is 0 Å². The Morgan fingerprint density at radius 1 is 1.39 bits per heavy atom. The van der Waals surface area contributed by atoms with E-state index in [1.807, 2.05) is 26.8 Å². The second-order valence-electron chi connectivity index (χ2n) is 5.07. The van der Waals surface area contributed by atoms with Crippen LogP contribution in [0.2, 0.25) is 0 Å². The Labute approximate surface area is 108 Å². The van der Waals surface area contributed by atoms with Gasteiger partial charge < -0.3 is 14.4 Å². The molecule has 1 aromatic rings. The zero-order valence-corrected chi connectivity index (χ0v) is 11.6. The first-order valence-corrected chi connectivity index (χ1v) is 5.74. The molecule has 1 aromatic heterocycles. The molecule has 0 N–H and O–H groups in total. The maximum absolute atomic E-state index is 11.8. The van der Waals surface area contributed by atoms with Gasteiger partial charge in [0.2, 0.25) is 0 Å². The van der Waals surface area contributed by atoms with E-state index in [0.717, 1.165) is 5.56 Å². The highest BCUT2D eigenvalue weighted by Gasteiger charge is 2.19. The van der Waals surface area contributed by atoms with Crippen molar-refractivity contribution < 1.29 is 14.3 Å². The van der Waals surface area contributed by atoms with Gasteiger partial charge in [-0.15, -0.1) is 0 Å². The fraction of sp³-hybridized carbons (Fsp3) is 0.538. The number of carbonyl (C=O) groups excluding carboxylic acids is 1. The Bertz CT molecular complexity index is 413. The van der Waals surface area contributed by atoms with Gasteiger partial charge in [0.1, 0.15) is 11.4 Å². The average molecular weight is 252 g/mol. The Balaban J connectivity index is 2.63. The number of carbonyl (C=O) groups is 1. The first-order chi connectivity index (χ1) is 8.31. The van der Waals surface area contributed by atoms with E-state index in [-0.39, 0.29) is 6.09 Å². The molecule has 0 aliphatic carbocycles. The SMILES string of the molecule is COc1cncc(CN(C)C(=O)OC(C)(C)C)c1. The minimum absolute atomic E-state index is 0.356. The maximum atomic E-state index is 11.8. The predicted octanol–water partition coefficient (Wildman–Crippen LogP) is 2.46. The predicted molar refractivity (Wildman–Crippen MR) is 68.5 cm³/mol. The summed E-state index contributed by atoms with van der Waals surface area (Å²) in [4.78, 5) is 17.3. The summed E-state index contributed by atoms with van der Waals surface area (Å²) in [5.74, 6) is 0.671. The largest absolute Gasteiger partial charge is 0.495 e. The van der Waals surface area contributed by atoms with Gasteiger partial charge >= 0.3 is 6.09 Å². The third-order valence-electron chi connectivity index (χ3n) is 2.13. The van der Waals surface area contributed by atoms with Crippen molar-refractivity contribution in [3.63, 3.8) is 0 Å². The van der Waals surface area contributed by atoms with Crippen molar-refractivity contribution in [1.82, 2.24) is 9.88 Å². The van der Waals surface area contributed by atoms with Crippen LogP contribution in [0.3, 0.4) is 0 Å². The van der Waals surface area contributed by atoms with Gasteiger partial charge in [0.15, 0.2) is 0 Å². The molecule has 0 atom stereocenters. The van der Waals surface area contributed by atoms with Crippen molar-refractivity contribution in [1.29, 1.82) is 0 Å². The molecule has 1 heterocycles. The lowest BCUT2D eigenvalue weighted by Crippen LogP contribution is -2.33. The van der Waals surface area contributed by atoms with Crippen LogP contribution in [0.4, 0.5) is 4.79 Å². The Kier molecular flexibility index (Phi) is 4.53. The first kappa shape index (κ1) is 14.3. The molecule has 0 aliphatic rings. The normalized spacial score (nSPS) is 10.9. The van der Waals surface area contributed by atoms with Crippen LogP contribution in [-0.4, -0.2) is 35.7 Å². The molecule has 0 aromatic carbocycles. The van der Waals surface area contributed by atoms with E-state index >= 15 is 0 Å². The number of rotatable bonds is 3. The summed E-state index contributed by atoms with van der Waals surface area (Å²) in [5.41, 5.74) is 0.403. The van der Waals surface area contributed by atoms with E-state index in [0.29, 0.717) is 12.3 Å². The van der Waals surface area contributed by atoms with E-state index in [2.05, 4.69) is 4.98 Å². The highest BCUT2D eigenvalue weighted by Crippen LogP contribution is 2.14. The highest BCUT2D eigenvalue weighted by atomic mass is 16.6. The average Bonchev–Trinajstić information content (AvgIpc) is 2.27. The summed E-state index contributed by atoms with van der Waals surface area (Å²) in [7, 11) is 3.27. The summed E-state index contributed by atoms with van der Waals surface area (Å²) < 4.78 is 10.3. The quantitative estimate of drug-likeness (QED) is 0.829. The van der Waals surface area contributed by atoms with Gasteiger partial charge in [0, 0.05) is 13.2 Å². The Hall–Kier alpha value is -1.78. The molecule has 0 bridgehead atoms. The van der Waals surface area contributed by atoms with Crippen LogP contribution in [0, 0.1) is 0 Å². The van der Waals surface area contributed by atoms with E-state index in [4.69, 9.17) is 9.47 Å². The number of pyridine rings is 1. The number of hydrogen-bond acceptors (Lipinski definition) is 4. The lowest BCUT2D eigenvalue weighted by molar-refractivity contribution is 0.0285. The van der Waals surface area contributed by atoms with E-state index in [1.54, 1.807) is 26.6 Å². The molecule has 1 rings (SSSR count). The molecule has 0 spiro atoms. The third-order valence-corrected chi connectivity index (χ3v) is 2.13. The van der Waals surface area contributed by atoms with Gasteiger partial charge in [-0.1, -0.05) is 0 Å². The van der Waals surface area contributed by atoms with Gasteiger partial charge in [-0.3, -0.25) is 4.98 Å². The molecular formula is C13H20N2O3. The molecule has 0 unspecified atom stereocenters. The molecule has 100 valence electrons. The molecule has 0 saturated heterocycles. The minimum atomic E-state index is -0.488. The fourth-order valence-electron chi connectivity index (χ4n) is 1.34. The lowest BCUT2D eigenvalue weighted by atomic mass is 10.2. The van der Waals surface area contributed by atoms with E-state index in [9.17, 15) is 4.79 Å². The van der Waals surface area contributed by atoms with Crippen molar-refractivity contribution >= 4 is 6.09 Å². The number of amides is 1. The molecule has 5 heteroatoms. The summed E-state index contributed by atoms with van der Waals surface area (Å²) in [5, 5.41) is 0. The van der Waals surface area contributed by atoms with Crippen LogP contribution in [0.15, 0.2) is 18.5 Å². The molecular weight excluding hydrogens is 232 g/mol. The molecule has 0 aliphatic heterocycles. The molecule has 18 heavy (non-hydrogen) atoms. The van der Waals surface area contributed by atoms with Crippen LogP contribution in [0.1, 0.15) is 26.3 Å². The highest BCUT2D eigenvalue weighted by molar-refractivity contribution is 5.67. The standard InChI is InChI=1S/C13H20N2O3/c1-13(2,3)18-12(16)15(4)9-10-6-11(17-5)8-14-7-10/h6-8H,9H2,1-5H3. The number of hydrogen-bond donors (Lipinski definition) is 0. The summed E-state index contributed by atoms with van der Waals surface area (Å²) in [6.45, 7) is 5.95. The van der Waals surface area contributed by atoms with Gasteiger partial charge in [-0.05, 0) is 32.4 Å².